The van der Waals surface area contributed by atoms with E-state index in [4.69, 9.17) is 4.74 Å². The van der Waals surface area contributed by atoms with E-state index in [0.717, 1.165) is 0 Å². The van der Waals surface area contributed by atoms with Gasteiger partial charge >= 0.3 is 6.09 Å². The molecule has 4 nitrogen and oxygen atoms in total. The van der Waals surface area contributed by atoms with Crippen LogP contribution in [0.2, 0.25) is 0 Å². The first-order valence-corrected chi connectivity index (χ1v) is 5.04. The van der Waals surface area contributed by atoms with E-state index in [2.05, 4.69) is 0 Å². The molecule has 1 aliphatic heterocycles. The first-order valence-electron chi connectivity index (χ1n) is 5.04. The molecule has 1 aliphatic carbocycles. The van der Waals surface area contributed by atoms with Crippen LogP contribution in [0.1, 0.15) is 20.8 Å². The van der Waals surface area contributed by atoms with Gasteiger partial charge in [-0.05, 0) is 20.8 Å². The molecule has 1 saturated carbocycles. The van der Waals surface area contributed by atoms with Crippen LogP contribution in [0, 0.1) is 11.8 Å². The zero-order valence-electron chi connectivity index (χ0n) is 8.86. The molecule has 0 unspecified atom stereocenters. The summed E-state index contributed by atoms with van der Waals surface area (Å²) in [5, 5.41) is 9.30. The average Bonchev–Trinajstić information content (AvgIpc) is 2.47. The maximum atomic E-state index is 11.6. The maximum absolute atomic E-state index is 11.6. The molecule has 1 amide bonds. The molecular formula is C10H17NO3. The topological polar surface area (TPSA) is 49.8 Å². The van der Waals surface area contributed by atoms with Crippen LogP contribution in [0.3, 0.4) is 0 Å². The molecule has 80 valence electrons. The van der Waals surface area contributed by atoms with Crippen molar-refractivity contribution in [2.24, 2.45) is 11.8 Å². The minimum Gasteiger partial charge on any atom is -0.444 e. The smallest absolute Gasteiger partial charge is 0.410 e. The highest BCUT2D eigenvalue weighted by molar-refractivity contribution is 5.69. The van der Waals surface area contributed by atoms with Crippen molar-refractivity contribution in [2.45, 2.75) is 32.5 Å². The Hall–Kier alpha value is -0.770. The molecule has 4 heteroatoms. The van der Waals surface area contributed by atoms with E-state index < -0.39 is 5.60 Å². The van der Waals surface area contributed by atoms with Gasteiger partial charge < -0.3 is 14.7 Å². The lowest BCUT2D eigenvalue weighted by Gasteiger charge is -2.25. The van der Waals surface area contributed by atoms with Gasteiger partial charge in [-0.1, -0.05) is 0 Å². The number of fused-ring (bicyclic) bond motifs is 1. The normalized spacial score (nSPS) is 35.4. The number of aliphatic hydroxyl groups excluding tert-OH is 1. The molecule has 2 rings (SSSR count). The number of hydrogen-bond acceptors (Lipinski definition) is 3. The lowest BCUT2D eigenvalue weighted by atomic mass is 10.2. The highest BCUT2D eigenvalue weighted by atomic mass is 16.6. The van der Waals surface area contributed by atoms with E-state index in [1.54, 1.807) is 4.90 Å². The number of carbonyl (C=O) groups is 1. The van der Waals surface area contributed by atoms with Crippen molar-refractivity contribution < 1.29 is 14.6 Å². The van der Waals surface area contributed by atoms with E-state index in [1.807, 2.05) is 20.8 Å². The van der Waals surface area contributed by atoms with Gasteiger partial charge in [-0.3, -0.25) is 0 Å². The van der Waals surface area contributed by atoms with Gasteiger partial charge in [-0.25, -0.2) is 4.79 Å². The molecule has 1 heterocycles. The third-order valence-corrected chi connectivity index (χ3v) is 2.80. The summed E-state index contributed by atoms with van der Waals surface area (Å²) in [6.07, 6.45) is -0.425. The Bertz CT molecular complexity index is 247. The van der Waals surface area contributed by atoms with Gasteiger partial charge in [0.15, 0.2) is 0 Å². The van der Waals surface area contributed by atoms with E-state index in [9.17, 15) is 9.90 Å². The fourth-order valence-corrected chi connectivity index (χ4v) is 1.97. The number of aliphatic hydroxyl groups is 1. The fourth-order valence-electron chi connectivity index (χ4n) is 1.97. The number of ether oxygens (including phenoxy) is 1. The second-order valence-corrected chi connectivity index (χ2v) is 5.20. The molecule has 0 spiro atoms. The number of nitrogens with zero attached hydrogens (tertiary/aromatic N) is 1. The van der Waals surface area contributed by atoms with Crippen LogP contribution in [0.25, 0.3) is 0 Å². The molecule has 1 N–H and O–H groups in total. The van der Waals surface area contributed by atoms with Gasteiger partial charge in [0.2, 0.25) is 0 Å². The second-order valence-electron chi connectivity index (χ2n) is 5.20. The predicted octanol–water partition coefficient (Wildman–Crippen LogP) is 0.844. The monoisotopic (exact) mass is 199 g/mol. The zero-order chi connectivity index (χ0) is 10.5. The van der Waals surface area contributed by atoms with Crippen molar-refractivity contribution >= 4 is 6.09 Å². The Kier molecular flexibility index (Phi) is 2.00. The molecule has 0 radical (unpaired) electrons. The van der Waals surface area contributed by atoms with Gasteiger partial charge in [-0.2, -0.15) is 0 Å². The van der Waals surface area contributed by atoms with Gasteiger partial charge in [0.1, 0.15) is 5.60 Å². The fraction of sp³-hybridized carbons (Fsp3) is 0.900. The summed E-state index contributed by atoms with van der Waals surface area (Å²) in [6.45, 7) is 6.88. The lowest BCUT2D eigenvalue weighted by Crippen LogP contribution is -2.37. The highest BCUT2D eigenvalue weighted by Crippen LogP contribution is 2.45. The summed E-state index contributed by atoms with van der Waals surface area (Å²) in [4.78, 5) is 13.2. The van der Waals surface area contributed by atoms with Gasteiger partial charge in [-0.15, -0.1) is 0 Å². The molecule has 0 aromatic heterocycles. The zero-order valence-corrected chi connectivity index (χ0v) is 8.86. The van der Waals surface area contributed by atoms with Crippen molar-refractivity contribution in [3.8, 4) is 0 Å². The molecule has 2 aliphatic rings. The third-order valence-electron chi connectivity index (χ3n) is 2.80. The van der Waals surface area contributed by atoms with Crippen molar-refractivity contribution in [1.82, 2.24) is 4.90 Å². The number of likely N-dealkylation sites (tertiary alicyclic amines) is 1. The Morgan fingerprint density at radius 1 is 1.36 bits per heavy atom. The molecule has 0 aromatic carbocycles. The largest absolute Gasteiger partial charge is 0.444 e. The summed E-state index contributed by atoms with van der Waals surface area (Å²) in [6, 6.07) is 0. The van der Waals surface area contributed by atoms with Gasteiger partial charge in [0, 0.05) is 24.9 Å². The minimum absolute atomic E-state index is 0.173. The van der Waals surface area contributed by atoms with Crippen molar-refractivity contribution in [3.05, 3.63) is 0 Å². The van der Waals surface area contributed by atoms with Crippen LogP contribution in [0.15, 0.2) is 0 Å². The SMILES string of the molecule is CC(C)(C)OC(=O)N1C[C@@H]2[C@H](O)[C@@H]2C1. The number of hydrogen-bond donors (Lipinski definition) is 1. The lowest BCUT2D eigenvalue weighted by molar-refractivity contribution is 0.0249. The quantitative estimate of drug-likeness (QED) is 0.629. The Morgan fingerprint density at radius 3 is 2.29 bits per heavy atom. The van der Waals surface area contributed by atoms with Crippen LogP contribution < -0.4 is 0 Å². The summed E-state index contributed by atoms with van der Waals surface area (Å²) in [7, 11) is 0. The first kappa shape index (κ1) is 9.77. The van der Waals surface area contributed by atoms with E-state index in [1.165, 1.54) is 0 Å². The first-order chi connectivity index (χ1) is 6.38. The van der Waals surface area contributed by atoms with Crippen molar-refractivity contribution in [1.29, 1.82) is 0 Å². The Morgan fingerprint density at radius 2 is 1.86 bits per heavy atom. The van der Waals surface area contributed by atoms with Gasteiger partial charge in [0.25, 0.3) is 0 Å². The molecule has 2 fully saturated rings. The van der Waals surface area contributed by atoms with Crippen molar-refractivity contribution in [3.63, 3.8) is 0 Å². The van der Waals surface area contributed by atoms with E-state index in [0.29, 0.717) is 24.9 Å². The van der Waals surface area contributed by atoms with E-state index >= 15 is 0 Å². The number of amides is 1. The van der Waals surface area contributed by atoms with Crippen molar-refractivity contribution in [2.75, 3.05) is 13.1 Å². The molecule has 14 heavy (non-hydrogen) atoms. The van der Waals surface area contributed by atoms with Crippen LogP contribution >= 0.6 is 0 Å². The predicted molar refractivity (Wildman–Crippen MR) is 50.8 cm³/mol. The molecule has 1 saturated heterocycles. The molecular weight excluding hydrogens is 182 g/mol. The number of carbonyl (C=O) groups excluding carboxylic acids is 1. The van der Waals surface area contributed by atoms with E-state index in [-0.39, 0.29) is 12.2 Å². The summed E-state index contributed by atoms with van der Waals surface area (Å²) < 4.78 is 5.23. The van der Waals surface area contributed by atoms with Crippen LogP contribution in [-0.4, -0.2) is 40.9 Å². The van der Waals surface area contributed by atoms with Crippen LogP contribution in [0.5, 0.6) is 0 Å². The molecule has 0 aromatic rings. The number of rotatable bonds is 0. The second kappa shape index (κ2) is 2.86. The van der Waals surface area contributed by atoms with Crippen LogP contribution in [-0.2, 0) is 4.74 Å². The average molecular weight is 199 g/mol. The molecule has 0 bridgehead atoms. The standard InChI is InChI=1S/C10H17NO3/c1-10(2,3)14-9(13)11-4-6-7(5-11)8(6)12/h6-8,12H,4-5H2,1-3H3/t6-,7+,8-. The maximum Gasteiger partial charge on any atom is 0.410 e. The Labute approximate surface area is 83.8 Å². The third kappa shape index (κ3) is 1.71. The minimum atomic E-state index is -0.428. The molecule has 3 atom stereocenters. The number of piperidine rings is 1. The summed E-state index contributed by atoms with van der Waals surface area (Å²) >= 11 is 0. The summed E-state index contributed by atoms with van der Waals surface area (Å²) in [5.74, 6) is 0.616. The Balaban J connectivity index is 1.84. The van der Waals surface area contributed by atoms with Gasteiger partial charge in [0.05, 0.1) is 6.10 Å². The highest BCUT2D eigenvalue weighted by Gasteiger charge is 2.56. The van der Waals surface area contributed by atoms with Crippen LogP contribution in [0.4, 0.5) is 4.79 Å². The summed E-state index contributed by atoms with van der Waals surface area (Å²) in [5.41, 5.74) is -0.428.